The molecule has 0 aliphatic carbocycles. The highest BCUT2D eigenvalue weighted by Crippen LogP contribution is 2.25. The van der Waals surface area contributed by atoms with Gasteiger partial charge in [-0.05, 0) is 40.8 Å². The van der Waals surface area contributed by atoms with E-state index in [1.165, 1.54) is 23.3 Å². The molecular formula is C15H13FO. The second kappa shape index (κ2) is 4.30. The van der Waals surface area contributed by atoms with Gasteiger partial charge in [-0.3, -0.25) is 0 Å². The third kappa shape index (κ3) is 2.08. The summed E-state index contributed by atoms with van der Waals surface area (Å²) in [5.74, 6) is -0.194. The van der Waals surface area contributed by atoms with Crippen LogP contribution in [0.4, 0.5) is 4.39 Å². The summed E-state index contributed by atoms with van der Waals surface area (Å²) in [5.41, 5.74) is 4.81. The largest absolute Gasteiger partial charge is 0.376 e. The predicted molar refractivity (Wildman–Crippen MR) is 65.2 cm³/mol. The molecule has 0 unspecified atom stereocenters. The highest BCUT2D eigenvalue weighted by atomic mass is 19.1. The summed E-state index contributed by atoms with van der Waals surface area (Å²) in [6, 6.07) is 13.0. The van der Waals surface area contributed by atoms with Gasteiger partial charge in [0.2, 0.25) is 0 Å². The van der Waals surface area contributed by atoms with Crippen LogP contribution in [0, 0.1) is 5.82 Å². The smallest absolute Gasteiger partial charge is 0.123 e. The lowest BCUT2D eigenvalue weighted by molar-refractivity contribution is 0.111. The van der Waals surface area contributed by atoms with E-state index >= 15 is 0 Å². The molecule has 1 heterocycles. The zero-order valence-corrected chi connectivity index (χ0v) is 9.45. The summed E-state index contributed by atoms with van der Waals surface area (Å²) in [4.78, 5) is 0. The van der Waals surface area contributed by atoms with Gasteiger partial charge < -0.3 is 4.74 Å². The van der Waals surface area contributed by atoms with Gasteiger partial charge in [-0.25, -0.2) is 4.39 Å². The Morgan fingerprint density at radius 3 is 2.47 bits per heavy atom. The van der Waals surface area contributed by atoms with E-state index < -0.39 is 0 Å². The number of rotatable bonds is 1. The van der Waals surface area contributed by atoms with Crippen LogP contribution in [0.5, 0.6) is 0 Å². The minimum atomic E-state index is -0.194. The van der Waals surface area contributed by atoms with Gasteiger partial charge in [0.05, 0.1) is 13.2 Å². The van der Waals surface area contributed by atoms with E-state index in [-0.39, 0.29) is 5.82 Å². The van der Waals surface area contributed by atoms with Crippen molar-refractivity contribution in [1.82, 2.24) is 0 Å². The molecule has 86 valence electrons. The quantitative estimate of drug-likeness (QED) is 0.725. The van der Waals surface area contributed by atoms with E-state index in [1.807, 2.05) is 12.1 Å². The van der Waals surface area contributed by atoms with Crippen molar-refractivity contribution in [3.05, 3.63) is 59.4 Å². The third-order valence-electron chi connectivity index (χ3n) is 3.16. The Kier molecular flexibility index (Phi) is 2.65. The average molecular weight is 228 g/mol. The molecule has 0 fully saturated rings. The van der Waals surface area contributed by atoms with Gasteiger partial charge in [-0.1, -0.05) is 30.3 Å². The first-order valence-corrected chi connectivity index (χ1v) is 5.78. The van der Waals surface area contributed by atoms with Crippen molar-refractivity contribution < 1.29 is 9.13 Å². The van der Waals surface area contributed by atoms with Crippen molar-refractivity contribution in [3.8, 4) is 11.1 Å². The molecule has 1 aliphatic rings. The fourth-order valence-corrected chi connectivity index (χ4v) is 2.19. The Bertz CT molecular complexity index is 531. The van der Waals surface area contributed by atoms with Gasteiger partial charge in [-0.2, -0.15) is 0 Å². The Morgan fingerprint density at radius 2 is 1.65 bits per heavy atom. The van der Waals surface area contributed by atoms with Gasteiger partial charge in [0.25, 0.3) is 0 Å². The number of ether oxygens (including phenoxy) is 1. The van der Waals surface area contributed by atoms with E-state index in [2.05, 4.69) is 18.2 Å². The lowest BCUT2D eigenvalue weighted by atomic mass is 9.97. The van der Waals surface area contributed by atoms with Crippen LogP contribution in [0.1, 0.15) is 11.1 Å². The molecule has 0 radical (unpaired) electrons. The summed E-state index contributed by atoms with van der Waals surface area (Å²) >= 11 is 0. The molecule has 0 aromatic heterocycles. The zero-order valence-electron chi connectivity index (χ0n) is 9.45. The van der Waals surface area contributed by atoms with Crippen LogP contribution in [0.25, 0.3) is 11.1 Å². The molecule has 1 nitrogen and oxygen atoms in total. The van der Waals surface area contributed by atoms with Crippen LogP contribution >= 0.6 is 0 Å². The van der Waals surface area contributed by atoms with E-state index in [0.29, 0.717) is 6.61 Å². The SMILES string of the molecule is Fc1ccc(-c2ccc3c(c2)CCOC3)cc1. The Labute approximate surface area is 99.9 Å². The van der Waals surface area contributed by atoms with Crippen LogP contribution in [0.15, 0.2) is 42.5 Å². The van der Waals surface area contributed by atoms with Gasteiger partial charge in [-0.15, -0.1) is 0 Å². The van der Waals surface area contributed by atoms with Crippen LogP contribution in [-0.4, -0.2) is 6.61 Å². The number of benzene rings is 2. The van der Waals surface area contributed by atoms with Crippen LogP contribution in [0.2, 0.25) is 0 Å². The second-order valence-corrected chi connectivity index (χ2v) is 4.29. The van der Waals surface area contributed by atoms with Crippen molar-refractivity contribution in [3.63, 3.8) is 0 Å². The maximum atomic E-state index is 12.9. The first kappa shape index (κ1) is 10.5. The molecule has 0 saturated heterocycles. The van der Waals surface area contributed by atoms with Crippen molar-refractivity contribution in [2.24, 2.45) is 0 Å². The van der Waals surface area contributed by atoms with Crippen LogP contribution in [-0.2, 0) is 17.8 Å². The van der Waals surface area contributed by atoms with Crippen molar-refractivity contribution in [2.75, 3.05) is 6.61 Å². The summed E-state index contributed by atoms with van der Waals surface area (Å²) in [6.07, 6.45) is 0.963. The fraction of sp³-hybridized carbons (Fsp3) is 0.200. The lowest BCUT2D eigenvalue weighted by Crippen LogP contribution is -2.09. The molecule has 0 N–H and O–H groups in total. The lowest BCUT2D eigenvalue weighted by Gasteiger charge is -2.17. The van der Waals surface area contributed by atoms with Gasteiger partial charge >= 0.3 is 0 Å². The average Bonchev–Trinajstić information content (AvgIpc) is 2.39. The summed E-state index contributed by atoms with van der Waals surface area (Å²) in [7, 11) is 0. The van der Waals surface area contributed by atoms with E-state index in [1.54, 1.807) is 0 Å². The topological polar surface area (TPSA) is 9.23 Å². The zero-order chi connectivity index (χ0) is 11.7. The highest BCUT2D eigenvalue weighted by molar-refractivity contribution is 5.65. The molecule has 0 amide bonds. The van der Waals surface area contributed by atoms with Crippen LogP contribution in [0.3, 0.4) is 0 Å². The van der Waals surface area contributed by atoms with Crippen molar-refractivity contribution >= 4 is 0 Å². The van der Waals surface area contributed by atoms with Gasteiger partial charge in [0, 0.05) is 0 Å². The number of hydrogen-bond donors (Lipinski definition) is 0. The molecule has 2 aromatic carbocycles. The number of hydrogen-bond acceptors (Lipinski definition) is 1. The third-order valence-corrected chi connectivity index (χ3v) is 3.16. The normalized spacial score (nSPS) is 14.4. The van der Waals surface area contributed by atoms with Crippen LogP contribution < -0.4 is 0 Å². The number of fused-ring (bicyclic) bond motifs is 1. The monoisotopic (exact) mass is 228 g/mol. The van der Waals surface area contributed by atoms with Crippen molar-refractivity contribution in [1.29, 1.82) is 0 Å². The minimum absolute atomic E-state index is 0.194. The molecular weight excluding hydrogens is 215 g/mol. The molecule has 0 bridgehead atoms. The first-order valence-electron chi connectivity index (χ1n) is 5.78. The molecule has 3 rings (SSSR count). The van der Waals surface area contributed by atoms with E-state index in [4.69, 9.17) is 4.74 Å². The second-order valence-electron chi connectivity index (χ2n) is 4.29. The molecule has 0 atom stereocenters. The Balaban J connectivity index is 2.01. The fourth-order valence-electron chi connectivity index (χ4n) is 2.19. The Morgan fingerprint density at radius 1 is 0.882 bits per heavy atom. The molecule has 2 heteroatoms. The van der Waals surface area contributed by atoms with Gasteiger partial charge in [0.1, 0.15) is 5.82 Å². The van der Waals surface area contributed by atoms with Gasteiger partial charge in [0.15, 0.2) is 0 Å². The standard InChI is InChI=1S/C15H13FO/c16-15-5-3-11(4-6-15)12-1-2-14-10-17-8-7-13(14)9-12/h1-6,9H,7-8,10H2. The maximum absolute atomic E-state index is 12.9. The Hall–Kier alpha value is -1.67. The van der Waals surface area contributed by atoms with E-state index in [0.717, 1.165) is 24.2 Å². The highest BCUT2D eigenvalue weighted by Gasteiger charge is 2.10. The molecule has 17 heavy (non-hydrogen) atoms. The summed E-state index contributed by atoms with van der Waals surface area (Å²) in [5, 5.41) is 0. The maximum Gasteiger partial charge on any atom is 0.123 e. The minimum Gasteiger partial charge on any atom is -0.376 e. The summed E-state index contributed by atoms with van der Waals surface area (Å²) in [6.45, 7) is 1.50. The summed E-state index contributed by atoms with van der Waals surface area (Å²) < 4.78 is 18.3. The van der Waals surface area contributed by atoms with Crippen molar-refractivity contribution in [2.45, 2.75) is 13.0 Å². The molecule has 0 spiro atoms. The number of halogens is 1. The molecule has 0 saturated carbocycles. The first-order chi connectivity index (χ1) is 8.33. The molecule has 1 aliphatic heterocycles. The molecule has 2 aromatic rings. The van der Waals surface area contributed by atoms with E-state index in [9.17, 15) is 4.39 Å². The predicted octanol–water partition coefficient (Wildman–Crippen LogP) is 3.57.